The van der Waals surface area contributed by atoms with Gasteiger partial charge in [0.15, 0.2) is 0 Å². The summed E-state index contributed by atoms with van der Waals surface area (Å²) in [6.45, 7) is 3.03. The zero-order valence-electron chi connectivity index (χ0n) is 16.4. The van der Waals surface area contributed by atoms with Gasteiger partial charge in [0.2, 0.25) is 0 Å². The van der Waals surface area contributed by atoms with Crippen LogP contribution < -0.4 is 10.1 Å². The van der Waals surface area contributed by atoms with E-state index in [1.165, 1.54) is 17.4 Å². The molecule has 0 unspecified atom stereocenters. The van der Waals surface area contributed by atoms with Gasteiger partial charge in [-0.3, -0.25) is 4.79 Å². The zero-order valence-corrected chi connectivity index (χ0v) is 18.1. The van der Waals surface area contributed by atoms with Gasteiger partial charge >= 0.3 is 6.18 Å². The van der Waals surface area contributed by atoms with Crippen molar-refractivity contribution in [2.24, 2.45) is 0 Å². The van der Waals surface area contributed by atoms with E-state index in [1.807, 2.05) is 12.3 Å². The fraction of sp³-hybridized carbons (Fsp3) is 0.318. The quantitative estimate of drug-likeness (QED) is 0.392. The second kappa shape index (κ2) is 10.7. The van der Waals surface area contributed by atoms with Crippen LogP contribution in [0.4, 0.5) is 13.2 Å². The molecule has 0 saturated carbocycles. The van der Waals surface area contributed by atoms with Crippen LogP contribution in [0.2, 0.25) is 0 Å². The average Bonchev–Trinajstić information content (AvgIpc) is 3.10. The first-order valence-corrected chi connectivity index (χ1v) is 10.3. The number of amides is 1. The van der Waals surface area contributed by atoms with Crippen molar-refractivity contribution < 1.29 is 22.7 Å². The van der Waals surface area contributed by atoms with Crippen molar-refractivity contribution in [3.05, 3.63) is 64.5 Å². The third-order valence-corrected chi connectivity index (χ3v) is 5.56. The van der Waals surface area contributed by atoms with Crippen molar-refractivity contribution in [3.8, 4) is 5.75 Å². The van der Waals surface area contributed by atoms with Crippen LogP contribution in [0.5, 0.6) is 5.75 Å². The first-order valence-electron chi connectivity index (χ1n) is 9.47. The van der Waals surface area contributed by atoms with Crippen LogP contribution in [-0.2, 0) is 12.6 Å². The largest absolute Gasteiger partial charge is 0.494 e. The number of benzene rings is 2. The van der Waals surface area contributed by atoms with Crippen molar-refractivity contribution in [1.29, 1.82) is 0 Å². The summed E-state index contributed by atoms with van der Waals surface area (Å²) < 4.78 is 44.5. The Bertz CT molecular complexity index is 971. The van der Waals surface area contributed by atoms with E-state index < -0.39 is 11.7 Å². The summed E-state index contributed by atoms with van der Waals surface area (Å²) >= 11 is 1.33. The summed E-state index contributed by atoms with van der Waals surface area (Å²) in [7, 11) is 0. The smallest absolute Gasteiger partial charge is 0.416 e. The number of halogens is 4. The molecule has 30 heavy (non-hydrogen) atoms. The predicted octanol–water partition coefficient (Wildman–Crippen LogP) is 6.49. The van der Waals surface area contributed by atoms with Crippen LogP contribution in [0.25, 0.3) is 10.1 Å². The molecule has 3 nitrogen and oxygen atoms in total. The lowest BCUT2D eigenvalue weighted by atomic mass is 10.1. The normalized spacial score (nSPS) is 11.2. The predicted molar refractivity (Wildman–Crippen MR) is 117 cm³/mol. The van der Waals surface area contributed by atoms with Gasteiger partial charge in [-0.15, -0.1) is 23.7 Å². The van der Waals surface area contributed by atoms with Gasteiger partial charge in [0, 0.05) is 16.8 Å². The third kappa shape index (κ3) is 6.12. The van der Waals surface area contributed by atoms with Crippen LogP contribution in [0.1, 0.15) is 41.3 Å². The van der Waals surface area contributed by atoms with E-state index in [2.05, 4.69) is 5.32 Å². The van der Waals surface area contributed by atoms with Crippen molar-refractivity contribution in [2.45, 2.75) is 32.4 Å². The number of carbonyl (C=O) groups is 1. The van der Waals surface area contributed by atoms with E-state index in [0.29, 0.717) is 23.4 Å². The van der Waals surface area contributed by atoms with Crippen molar-refractivity contribution in [1.82, 2.24) is 5.32 Å². The summed E-state index contributed by atoms with van der Waals surface area (Å²) in [6.07, 6.45) is -1.92. The topological polar surface area (TPSA) is 38.3 Å². The summed E-state index contributed by atoms with van der Waals surface area (Å²) in [5, 5.41) is 5.69. The molecule has 0 bridgehead atoms. The van der Waals surface area contributed by atoms with Gasteiger partial charge < -0.3 is 10.1 Å². The number of thiophene rings is 1. The van der Waals surface area contributed by atoms with Crippen LogP contribution >= 0.6 is 23.7 Å². The maximum absolute atomic E-state index is 12.8. The molecule has 0 spiro atoms. The Balaban J connectivity index is 0.00000320. The number of aryl methyl sites for hydroxylation is 1. The van der Waals surface area contributed by atoms with E-state index in [-0.39, 0.29) is 18.3 Å². The monoisotopic (exact) mass is 457 g/mol. The highest BCUT2D eigenvalue weighted by atomic mass is 35.5. The van der Waals surface area contributed by atoms with Crippen LogP contribution in [0, 0.1) is 0 Å². The van der Waals surface area contributed by atoms with Crippen LogP contribution in [-0.4, -0.2) is 19.1 Å². The Morgan fingerprint density at radius 1 is 1.10 bits per heavy atom. The first kappa shape index (κ1) is 24.0. The molecule has 3 rings (SSSR count). The van der Waals surface area contributed by atoms with E-state index in [9.17, 15) is 18.0 Å². The summed E-state index contributed by atoms with van der Waals surface area (Å²) in [4.78, 5) is 12.2. The first-order chi connectivity index (χ1) is 13.9. The number of nitrogens with one attached hydrogen (secondary N) is 1. The Kier molecular flexibility index (Phi) is 8.55. The Labute approximate surface area is 183 Å². The molecular weight excluding hydrogens is 435 g/mol. The minimum absolute atomic E-state index is 0. The highest BCUT2D eigenvalue weighted by Crippen LogP contribution is 2.35. The molecule has 0 atom stereocenters. The number of carbonyl (C=O) groups excluding carboxylic acids is 1. The van der Waals surface area contributed by atoms with E-state index in [1.54, 1.807) is 30.3 Å². The number of hydrogen-bond acceptors (Lipinski definition) is 3. The average molecular weight is 458 g/mol. The van der Waals surface area contributed by atoms with Gasteiger partial charge in [0.25, 0.3) is 5.91 Å². The molecule has 0 radical (unpaired) electrons. The molecule has 1 heterocycles. The van der Waals surface area contributed by atoms with E-state index in [0.717, 1.165) is 42.0 Å². The van der Waals surface area contributed by atoms with Gasteiger partial charge in [0.1, 0.15) is 5.75 Å². The molecule has 1 N–H and O–H groups in total. The molecule has 1 amide bonds. The van der Waals surface area contributed by atoms with Crippen LogP contribution in [0.15, 0.2) is 47.8 Å². The fourth-order valence-corrected chi connectivity index (χ4v) is 4.10. The lowest BCUT2D eigenvalue weighted by molar-refractivity contribution is -0.137. The Morgan fingerprint density at radius 3 is 2.50 bits per heavy atom. The van der Waals surface area contributed by atoms with Crippen molar-refractivity contribution in [3.63, 3.8) is 0 Å². The number of hydrogen-bond donors (Lipinski definition) is 1. The number of rotatable bonds is 8. The summed E-state index contributed by atoms with van der Waals surface area (Å²) in [6, 6.07) is 10.9. The Morgan fingerprint density at radius 2 is 1.83 bits per heavy atom. The van der Waals surface area contributed by atoms with Gasteiger partial charge in [-0.25, -0.2) is 0 Å². The van der Waals surface area contributed by atoms with Gasteiger partial charge in [0.05, 0.1) is 12.2 Å². The van der Waals surface area contributed by atoms with Gasteiger partial charge in [-0.2, -0.15) is 13.2 Å². The Hall–Kier alpha value is -2.25. The molecule has 2 aromatic carbocycles. The van der Waals surface area contributed by atoms with Crippen molar-refractivity contribution in [2.75, 3.05) is 13.2 Å². The third-order valence-electron chi connectivity index (χ3n) is 4.57. The molecule has 0 aliphatic carbocycles. The maximum atomic E-state index is 12.8. The number of unbranched alkanes of at least 4 members (excludes halogenated alkanes) is 1. The molecule has 0 aliphatic rings. The minimum atomic E-state index is -4.32. The molecular formula is C22H23ClF3NO2S. The number of ether oxygens (including phenoxy) is 1. The second-order valence-electron chi connectivity index (χ2n) is 6.64. The minimum Gasteiger partial charge on any atom is -0.494 e. The van der Waals surface area contributed by atoms with Gasteiger partial charge in [-0.05, 0) is 78.9 Å². The molecule has 1 aromatic heterocycles. The fourth-order valence-electron chi connectivity index (χ4n) is 3.07. The lowest BCUT2D eigenvalue weighted by Crippen LogP contribution is -2.24. The molecule has 0 aliphatic heterocycles. The maximum Gasteiger partial charge on any atom is 0.416 e. The van der Waals surface area contributed by atoms with Gasteiger partial charge in [-0.1, -0.05) is 6.07 Å². The summed E-state index contributed by atoms with van der Waals surface area (Å²) in [5.74, 6) is 0.600. The second-order valence-corrected chi connectivity index (χ2v) is 7.55. The molecule has 162 valence electrons. The lowest BCUT2D eigenvalue weighted by Gasteiger charge is -2.07. The zero-order chi connectivity index (χ0) is 20.9. The van der Waals surface area contributed by atoms with E-state index >= 15 is 0 Å². The van der Waals surface area contributed by atoms with E-state index in [4.69, 9.17) is 4.74 Å². The molecule has 0 saturated heterocycles. The standard InChI is InChI=1S/C22H22F3NO2S.ClH/c1-2-28-18-9-6-15(7-10-18)21(27)26-12-4-3-5-16-14-29-20-13-17(22(23,24)25)8-11-19(16)20;/h6-11,13-14H,2-5,12H2,1H3,(H,26,27);1H. The highest BCUT2D eigenvalue weighted by Gasteiger charge is 2.30. The molecule has 8 heteroatoms. The molecule has 3 aromatic rings. The highest BCUT2D eigenvalue weighted by molar-refractivity contribution is 7.17. The SMILES string of the molecule is CCOc1ccc(C(=O)NCCCCc2csc3cc(C(F)(F)F)ccc23)cc1.Cl. The summed E-state index contributed by atoms with van der Waals surface area (Å²) in [5.41, 5.74) is 1.02. The van der Waals surface area contributed by atoms with Crippen molar-refractivity contribution >= 4 is 39.7 Å². The van der Waals surface area contributed by atoms with Crippen LogP contribution in [0.3, 0.4) is 0 Å². The number of alkyl halides is 3. The number of fused-ring (bicyclic) bond motifs is 1. The molecule has 0 fully saturated rings.